The molecule has 1 aromatic carbocycles. The van der Waals surface area contributed by atoms with Crippen LogP contribution in [0.1, 0.15) is 47.2 Å². The number of hydrogen-bond donors (Lipinski definition) is 1. The first-order chi connectivity index (χ1) is 10.1. The molecule has 0 unspecified atom stereocenters. The van der Waals surface area contributed by atoms with Crippen molar-refractivity contribution in [3.8, 4) is 11.8 Å². The highest BCUT2D eigenvalue weighted by molar-refractivity contribution is 5.95. The predicted molar refractivity (Wildman–Crippen MR) is 84.1 cm³/mol. The van der Waals surface area contributed by atoms with Crippen LogP contribution in [0.4, 0.5) is 0 Å². The van der Waals surface area contributed by atoms with E-state index >= 15 is 0 Å². The van der Waals surface area contributed by atoms with Gasteiger partial charge < -0.3 is 10.0 Å². The fourth-order valence-electron chi connectivity index (χ4n) is 2.94. The molecule has 1 N–H and O–H groups in total. The zero-order valence-corrected chi connectivity index (χ0v) is 12.9. The SMILES string of the molecule is Cc1ccc(C#CCO)cc1C(=O)N(C)CC1CCCC1. The number of aliphatic hydroxyl groups excluding tert-OH is 1. The molecule has 1 aliphatic rings. The Balaban J connectivity index is 2.13. The molecule has 1 aromatic rings. The maximum Gasteiger partial charge on any atom is 0.253 e. The quantitative estimate of drug-likeness (QED) is 0.867. The molecule has 0 aromatic heterocycles. The Labute approximate surface area is 127 Å². The van der Waals surface area contributed by atoms with Gasteiger partial charge in [0, 0.05) is 24.7 Å². The molecule has 3 heteroatoms. The van der Waals surface area contributed by atoms with Crippen LogP contribution in [0.5, 0.6) is 0 Å². The van der Waals surface area contributed by atoms with Crippen LogP contribution < -0.4 is 0 Å². The van der Waals surface area contributed by atoms with E-state index in [1.165, 1.54) is 25.7 Å². The molecule has 3 nitrogen and oxygen atoms in total. The van der Waals surface area contributed by atoms with Gasteiger partial charge in [0.1, 0.15) is 6.61 Å². The molecule has 0 aliphatic heterocycles. The number of aliphatic hydroxyl groups is 1. The Bertz CT molecular complexity index is 562. The van der Waals surface area contributed by atoms with Crippen molar-refractivity contribution >= 4 is 5.91 Å². The summed E-state index contributed by atoms with van der Waals surface area (Å²) in [5.41, 5.74) is 2.44. The average Bonchev–Trinajstić information content (AvgIpc) is 2.98. The number of rotatable bonds is 3. The number of amides is 1. The van der Waals surface area contributed by atoms with Gasteiger partial charge >= 0.3 is 0 Å². The largest absolute Gasteiger partial charge is 0.384 e. The van der Waals surface area contributed by atoms with E-state index < -0.39 is 0 Å². The lowest BCUT2D eigenvalue weighted by Gasteiger charge is -2.22. The Morgan fingerprint density at radius 3 is 2.76 bits per heavy atom. The third kappa shape index (κ3) is 4.09. The van der Waals surface area contributed by atoms with E-state index in [1.54, 1.807) is 0 Å². The Morgan fingerprint density at radius 1 is 1.38 bits per heavy atom. The number of aryl methyl sites for hydroxylation is 1. The lowest BCUT2D eigenvalue weighted by atomic mass is 10.0. The zero-order chi connectivity index (χ0) is 15.2. The fraction of sp³-hybridized carbons (Fsp3) is 0.500. The molecule has 0 saturated heterocycles. The maximum atomic E-state index is 12.6. The summed E-state index contributed by atoms with van der Waals surface area (Å²) < 4.78 is 0. The van der Waals surface area contributed by atoms with Gasteiger partial charge in [0.25, 0.3) is 5.91 Å². The van der Waals surface area contributed by atoms with Gasteiger partial charge in [-0.05, 0) is 43.4 Å². The minimum Gasteiger partial charge on any atom is -0.384 e. The average molecular weight is 285 g/mol. The van der Waals surface area contributed by atoms with Gasteiger partial charge in [-0.25, -0.2) is 0 Å². The highest BCUT2D eigenvalue weighted by Gasteiger charge is 2.21. The first kappa shape index (κ1) is 15.6. The summed E-state index contributed by atoms with van der Waals surface area (Å²) in [5, 5.41) is 8.76. The highest BCUT2D eigenvalue weighted by atomic mass is 16.2. The van der Waals surface area contributed by atoms with E-state index in [0.717, 1.165) is 17.7 Å². The summed E-state index contributed by atoms with van der Waals surface area (Å²) >= 11 is 0. The minimum absolute atomic E-state index is 0.0621. The molecule has 0 bridgehead atoms. The molecule has 0 spiro atoms. The molecule has 1 aliphatic carbocycles. The maximum absolute atomic E-state index is 12.6. The van der Waals surface area contributed by atoms with Crippen LogP contribution in [0.15, 0.2) is 18.2 Å². The summed E-state index contributed by atoms with van der Waals surface area (Å²) in [4.78, 5) is 14.4. The molecule has 2 rings (SSSR count). The van der Waals surface area contributed by atoms with Crippen LogP contribution in [-0.4, -0.2) is 36.1 Å². The van der Waals surface area contributed by atoms with Crippen molar-refractivity contribution in [1.29, 1.82) is 0 Å². The molecule has 112 valence electrons. The fourth-order valence-corrected chi connectivity index (χ4v) is 2.94. The summed E-state index contributed by atoms with van der Waals surface area (Å²) in [5.74, 6) is 6.19. The van der Waals surface area contributed by atoms with E-state index in [1.807, 2.05) is 37.1 Å². The van der Waals surface area contributed by atoms with Crippen molar-refractivity contribution in [2.75, 3.05) is 20.2 Å². The summed E-state index contributed by atoms with van der Waals surface area (Å²) in [6.07, 6.45) is 5.05. The lowest BCUT2D eigenvalue weighted by Crippen LogP contribution is -2.31. The van der Waals surface area contributed by atoms with Gasteiger partial charge in [-0.3, -0.25) is 4.79 Å². The third-order valence-electron chi connectivity index (χ3n) is 4.13. The first-order valence-electron chi connectivity index (χ1n) is 7.57. The second kappa shape index (κ2) is 7.28. The van der Waals surface area contributed by atoms with Gasteiger partial charge in [-0.2, -0.15) is 0 Å². The molecule has 1 saturated carbocycles. The van der Waals surface area contributed by atoms with Crippen molar-refractivity contribution in [3.63, 3.8) is 0 Å². The van der Waals surface area contributed by atoms with Gasteiger partial charge in [-0.1, -0.05) is 30.7 Å². The Hall–Kier alpha value is -1.79. The van der Waals surface area contributed by atoms with Gasteiger partial charge in [0.2, 0.25) is 0 Å². The molecule has 0 heterocycles. The van der Waals surface area contributed by atoms with E-state index in [2.05, 4.69) is 11.8 Å². The molecule has 0 atom stereocenters. The van der Waals surface area contributed by atoms with Gasteiger partial charge in [-0.15, -0.1) is 0 Å². The lowest BCUT2D eigenvalue weighted by molar-refractivity contribution is 0.0772. The third-order valence-corrected chi connectivity index (χ3v) is 4.13. The van der Waals surface area contributed by atoms with Crippen LogP contribution in [0.3, 0.4) is 0 Å². The van der Waals surface area contributed by atoms with Crippen LogP contribution >= 0.6 is 0 Å². The van der Waals surface area contributed by atoms with Crippen LogP contribution in [0.2, 0.25) is 0 Å². The zero-order valence-electron chi connectivity index (χ0n) is 12.9. The van der Waals surface area contributed by atoms with Crippen molar-refractivity contribution in [1.82, 2.24) is 4.90 Å². The summed E-state index contributed by atoms with van der Waals surface area (Å²) in [6, 6.07) is 5.62. The minimum atomic E-state index is -0.168. The normalized spacial score (nSPS) is 14.6. The molecule has 21 heavy (non-hydrogen) atoms. The van der Waals surface area contributed by atoms with Crippen molar-refractivity contribution < 1.29 is 9.90 Å². The molecular weight excluding hydrogens is 262 g/mol. The van der Waals surface area contributed by atoms with Crippen LogP contribution in [-0.2, 0) is 0 Å². The number of benzene rings is 1. The topological polar surface area (TPSA) is 40.5 Å². The number of nitrogens with zero attached hydrogens (tertiary/aromatic N) is 1. The predicted octanol–water partition coefficient (Wildman–Crippen LogP) is 2.60. The molecule has 1 fully saturated rings. The second-order valence-electron chi connectivity index (χ2n) is 5.83. The second-order valence-corrected chi connectivity index (χ2v) is 5.83. The van der Waals surface area contributed by atoms with Crippen LogP contribution in [0.25, 0.3) is 0 Å². The summed E-state index contributed by atoms with van der Waals surface area (Å²) in [6.45, 7) is 2.61. The highest BCUT2D eigenvalue weighted by Crippen LogP contribution is 2.25. The van der Waals surface area contributed by atoms with E-state index in [4.69, 9.17) is 5.11 Å². The van der Waals surface area contributed by atoms with Gasteiger partial charge in [0.15, 0.2) is 0 Å². The standard InChI is InChI=1S/C18H23NO2/c1-14-9-10-15(8-5-11-20)12-17(14)18(21)19(2)13-16-6-3-4-7-16/h9-10,12,16,20H,3-4,6-7,11,13H2,1-2H3. The van der Waals surface area contributed by atoms with Crippen molar-refractivity contribution in [2.45, 2.75) is 32.6 Å². The molecule has 1 amide bonds. The van der Waals surface area contributed by atoms with Crippen molar-refractivity contribution in [2.24, 2.45) is 5.92 Å². The van der Waals surface area contributed by atoms with Crippen molar-refractivity contribution in [3.05, 3.63) is 34.9 Å². The van der Waals surface area contributed by atoms with E-state index in [0.29, 0.717) is 11.5 Å². The van der Waals surface area contributed by atoms with Crippen LogP contribution in [0, 0.1) is 24.7 Å². The number of carbonyl (C=O) groups excluding carboxylic acids is 1. The molecular formula is C18H23NO2. The molecule has 0 radical (unpaired) electrons. The van der Waals surface area contributed by atoms with E-state index in [-0.39, 0.29) is 12.5 Å². The van der Waals surface area contributed by atoms with E-state index in [9.17, 15) is 4.79 Å². The monoisotopic (exact) mass is 285 g/mol. The number of hydrogen-bond acceptors (Lipinski definition) is 2. The number of carbonyl (C=O) groups is 1. The Morgan fingerprint density at radius 2 is 2.10 bits per heavy atom. The van der Waals surface area contributed by atoms with Gasteiger partial charge in [0.05, 0.1) is 0 Å². The summed E-state index contributed by atoms with van der Waals surface area (Å²) in [7, 11) is 1.88. The Kier molecular flexibility index (Phi) is 5.41. The first-order valence-corrected chi connectivity index (χ1v) is 7.57. The smallest absolute Gasteiger partial charge is 0.253 e.